The number of benzene rings is 1. The Labute approximate surface area is 108 Å². The first-order valence-corrected chi connectivity index (χ1v) is 6.23. The van der Waals surface area contributed by atoms with Gasteiger partial charge < -0.3 is 10.1 Å². The summed E-state index contributed by atoms with van der Waals surface area (Å²) in [7, 11) is 1.66. The maximum Gasteiger partial charge on any atom is 0.221 e. The number of carbonyl (C=O) groups excluding carboxylic acids is 1. The molecule has 0 radical (unpaired) electrons. The van der Waals surface area contributed by atoms with E-state index in [0.29, 0.717) is 18.7 Å². The van der Waals surface area contributed by atoms with Gasteiger partial charge in [0.1, 0.15) is 5.75 Å². The van der Waals surface area contributed by atoms with Gasteiger partial charge in [-0.1, -0.05) is 6.07 Å². The van der Waals surface area contributed by atoms with Gasteiger partial charge in [0.2, 0.25) is 5.91 Å². The Morgan fingerprint density at radius 2 is 2.06 bits per heavy atom. The fraction of sp³-hybridized carbons (Fsp3) is 0.462. The van der Waals surface area contributed by atoms with Crippen LogP contribution in [0.15, 0.2) is 12.1 Å². The standard InChI is InChI=1S/C13H19NO2S/c1-9-7-12(16-3)10(2)6-11(9)8-14-13(15)4-5-17/h6-7,17H,4-5,8H2,1-3H3,(H,14,15). The molecular formula is C13H19NO2S. The van der Waals surface area contributed by atoms with Crippen LogP contribution in [0.3, 0.4) is 0 Å². The van der Waals surface area contributed by atoms with E-state index in [4.69, 9.17) is 4.74 Å². The molecule has 0 atom stereocenters. The van der Waals surface area contributed by atoms with Crippen molar-refractivity contribution in [1.29, 1.82) is 0 Å². The number of aryl methyl sites for hydroxylation is 2. The molecule has 1 aromatic carbocycles. The van der Waals surface area contributed by atoms with Crippen LogP contribution in [-0.2, 0) is 11.3 Å². The molecular weight excluding hydrogens is 234 g/mol. The lowest BCUT2D eigenvalue weighted by Gasteiger charge is -2.12. The highest BCUT2D eigenvalue weighted by Gasteiger charge is 2.06. The van der Waals surface area contributed by atoms with Crippen LogP contribution in [0, 0.1) is 13.8 Å². The van der Waals surface area contributed by atoms with Crippen LogP contribution in [-0.4, -0.2) is 18.8 Å². The highest BCUT2D eigenvalue weighted by molar-refractivity contribution is 7.80. The van der Waals surface area contributed by atoms with Gasteiger partial charge >= 0.3 is 0 Å². The molecule has 1 N–H and O–H groups in total. The zero-order chi connectivity index (χ0) is 12.8. The summed E-state index contributed by atoms with van der Waals surface area (Å²) >= 11 is 4.03. The number of hydrogen-bond acceptors (Lipinski definition) is 3. The normalized spacial score (nSPS) is 10.1. The first kappa shape index (κ1) is 13.9. The van der Waals surface area contributed by atoms with Gasteiger partial charge in [-0.3, -0.25) is 4.79 Å². The minimum Gasteiger partial charge on any atom is -0.496 e. The number of carbonyl (C=O) groups is 1. The van der Waals surface area contributed by atoms with E-state index in [1.165, 1.54) is 0 Å². The number of methoxy groups -OCH3 is 1. The second kappa shape index (κ2) is 6.55. The van der Waals surface area contributed by atoms with Crippen molar-refractivity contribution in [2.75, 3.05) is 12.9 Å². The summed E-state index contributed by atoms with van der Waals surface area (Å²) in [5.41, 5.74) is 3.32. The van der Waals surface area contributed by atoms with Crippen LogP contribution in [0.1, 0.15) is 23.1 Å². The van der Waals surface area contributed by atoms with Gasteiger partial charge in [0.25, 0.3) is 0 Å². The molecule has 1 rings (SSSR count). The largest absolute Gasteiger partial charge is 0.496 e. The molecule has 0 heterocycles. The Hall–Kier alpha value is -1.16. The molecule has 0 aliphatic carbocycles. The first-order valence-electron chi connectivity index (χ1n) is 5.60. The number of hydrogen-bond donors (Lipinski definition) is 2. The van der Waals surface area contributed by atoms with Crippen LogP contribution in [0.25, 0.3) is 0 Å². The molecule has 0 saturated carbocycles. The van der Waals surface area contributed by atoms with E-state index in [0.717, 1.165) is 22.4 Å². The Morgan fingerprint density at radius 3 is 2.65 bits per heavy atom. The Bertz CT molecular complexity index is 405. The van der Waals surface area contributed by atoms with Crippen molar-refractivity contribution in [2.24, 2.45) is 0 Å². The molecule has 17 heavy (non-hydrogen) atoms. The average Bonchev–Trinajstić information content (AvgIpc) is 2.30. The molecule has 0 aliphatic rings. The Kier molecular flexibility index (Phi) is 5.35. The van der Waals surface area contributed by atoms with Gasteiger partial charge in [-0.15, -0.1) is 0 Å². The number of amides is 1. The van der Waals surface area contributed by atoms with Gasteiger partial charge in [-0.2, -0.15) is 12.6 Å². The fourth-order valence-corrected chi connectivity index (χ4v) is 1.85. The zero-order valence-corrected chi connectivity index (χ0v) is 11.4. The lowest BCUT2D eigenvalue weighted by atomic mass is 10.0. The summed E-state index contributed by atoms with van der Waals surface area (Å²) in [6.45, 7) is 4.57. The quantitative estimate of drug-likeness (QED) is 0.790. The first-order chi connectivity index (χ1) is 8.08. The maximum absolute atomic E-state index is 11.4. The van der Waals surface area contributed by atoms with Crippen LogP contribution in [0.4, 0.5) is 0 Å². The van der Waals surface area contributed by atoms with Crippen LogP contribution in [0.2, 0.25) is 0 Å². The van der Waals surface area contributed by atoms with Crippen molar-refractivity contribution >= 4 is 18.5 Å². The van der Waals surface area contributed by atoms with E-state index in [1.54, 1.807) is 7.11 Å². The maximum atomic E-state index is 11.4. The molecule has 1 aromatic rings. The van der Waals surface area contributed by atoms with Crippen molar-refractivity contribution in [2.45, 2.75) is 26.8 Å². The SMILES string of the molecule is COc1cc(C)c(CNC(=O)CCS)cc1C. The zero-order valence-electron chi connectivity index (χ0n) is 10.5. The van der Waals surface area contributed by atoms with E-state index in [1.807, 2.05) is 19.9 Å². The number of nitrogens with one attached hydrogen (secondary N) is 1. The third kappa shape index (κ3) is 3.97. The Balaban J connectivity index is 2.72. The minimum absolute atomic E-state index is 0.0351. The van der Waals surface area contributed by atoms with Gasteiger partial charge in [0, 0.05) is 13.0 Å². The molecule has 0 aromatic heterocycles. The summed E-state index contributed by atoms with van der Waals surface area (Å²) in [5, 5.41) is 2.88. The van der Waals surface area contributed by atoms with Crippen molar-refractivity contribution in [3.63, 3.8) is 0 Å². The van der Waals surface area contributed by atoms with Crippen molar-refractivity contribution < 1.29 is 9.53 Å². The average molecular weight is 253 g/mol. The topological polar surface area (TPSA) is 38.3 Å². The number of rotatable bonds is 5. The molecule has 0 spiro atoms. The highest BCUT2D eigenvalue weighted by atomic mass is 32.1. The second-order valence-electron chi connectivity index (χ2n) is 4.00. The van der Waals surface area contributed by atoms with E-state index < -0.39 is 0 Å². The highest BCUT2D eigenvalue weighted by Crippen LogP contribution is 2.22. The molecule has 4 heteroatoms. The van der Waals surface area contributed by atoms with Crippen molar-refractivity contribution in [1.82, 2.24) is 5.32 Å². The van der Waals surface area contributed by atoms with Crippen LogP contribution < -0.4 is 10.1 Å². The predicted octanol–water partition coefficient (Wildman–Crippen LogP) is 2.25. The van der Waals surface area contributed by atoms with Gasteiger partial charge in [-0.05, 0) is 42.4 Å². The lowest BCUT2D eigenvalue weighted by molar-refractivity contribution is -0.120. The molecule has 1 amide bonds. The lowest BCUT2D eigenvalue weighted by Crippen LogP contribution is -2.23. The van der Waals surface area contributed by atoms with E-state index in [9.17, 15) is 4.79 Å². The number of thiol groups is 1. The van der Waals surface area contributed by atoms with Gasteiger partial charge in [0.15, 0.2) is 0 Å². The van der Waals surface area contributed by atoms with E-state index in [-0.39, 0.29) is 5.91 Å². The van der Waals surface area contributed by atoms with E-state index in [2.05, 4.69) is 24.0 Å². The molecule has 0 unspecified atom stereocenters. The molecule has 3 nitrogen and oxygen atoms in total. The van der Waals surface area contributed by atoms with Gasteiger partial charge in [-0.25, -0.2) is 0 Å². The van der Waals surface area contributed by atoms with Crippen LogP contribution >= 0.6 is 12.6 Å². The summed E-state index contributed by atoms with van der Waals surface area (Å²) in [4.78, 5) is 11.4. The third-order valence-corrected chi connectivity index (χ3v) is 2.89. The summed E-state index contributed by atoms with van der Waals surface area (Å²) < 4.78 is 5.25. The second-order valence-corrected chi connectivity index (χ2v) is 4.45. The van der Waals surface area contributed by atoms with Crippen LogP contribution in [0.5, 0.6) is 5.75 Å². The minimum atomic E-state index is 0.0351. The number of ether oxygens (including phenoxy) is 1. The third-order valence-electron chi connectivity index (χ3n) is 2.67. The molecule has 0 aliphatic heterocycles. The summed E-state index contributed by atoms with van der Waals surface area (Å²) in [6, 6.07) is 4.05. The fourth-order valence-electron chi connectivity index (χ4n) is 1.64. The molecule has 94 valence electrons. The van der Waals surface area contributed by atoms with Crippen molar-refractivity contribution in [3.8, 4) is 5.75 Å². The molecule has 0 saturated heterocycles. The monoisotopic (exact) mass is 253 g/mol. The molecule has 0 bridgehead atoms. The van der Waals surface area contributed by atoms with Crippen molar-refractivity contribution in [3.05, 3.63) is 28.8 Å². The smallest absolute Gasteiger partial charge is 0.221 e. The summed E-state index contributed by atoms with van der Waals surface area (Å²) in [5.74, 6) is 1.49. The summed E-state index contributed by atoms with van der Waals surface area (Å²) in [6.07, 6.45) is 0.456. The van der Waals surface area contributed by atoms with E-state index >= 15 is 0 Å². The molecule has 0 fully saturated rings. The predicted molar refractivity (Wildman–Crippen MR) is 72.8 cm³/mol. The Morgan fingerprint density at radius 1 is 1.35 bits per heavy atom. The van der Waals surface area contributed by atoms with Gasteiger partial charge in [0.05, 0.1) is 7.11 Å².